The molecule has 1 aromatic rings. The summed E-state index contributed by atoms with van der Waals surface area (Å²) in [5.41, 5.74) is 1.18. The molecule has 1 amide bonds. The standard InChI is InChI=1S/C17H21N3O3/c1-9(2)11-7-12(15(21)23-6)13(18-8-11)14-19-16(22)17(5,20-14)10(3)4/h7-8,10H,1H2,2-6H3,(H,19,20,22). The molecule has 23 heavy (non-hydrogen) atoms. The summed E-state index contributed by atoms with van der Waals surface area (Å²) >= 11 is 0. The number of nitrogens with one attached hydrogen (secondary N) is 1. The predicted molar refractivity (Wildman–Crippen MR) is 88.2 cm³/mol. The number of ether oxygens (including phenoxy) is 1. The van der Waals surface area contributed by atoms with Gasteiger partial charge in [-0.3, -0.25) is 9.78 Å². The summed E-state index contributed by atoms with van der Waals surface area (Å²) in [7, 11) is 1.30. The van der Waals surface area contributed by atoms with E-state index in [-0.39, 0.29) is 17.4 Å². The van der Waals surface area contributed by atoms with Gasteiger partial charge in [-0.15, -0.1) is 0 Å². The molecule has 6 nitrogen and oxygen atoms in total. The van der Waals surface area contributed by atoms with Crippen molar-refractivity contribution in [3.8, 4) is 0 Å². The molecule has 6 heteroatoms. The molecule has 1 aliphatic heterocycles. The monoisotopic (exact) mass is 315 g/mol. The van der Waals surface area contributed by atoms with Crippen molar-refractivity contribution in [2.75, 3.05) is 7.11 Å². The third-order valence-corrected chi connectivity index (χ3v) is 4.17. The van der Waals surface area contributed by atoms with Crippen LogP contribution in [0, 0.1) is 5.92 Å². The average molecular weight is 315 g/mol. The van der Waals surface area contributed by atoms with E-state index >= 15 is 0 Å². The van der Waals surface area contributed by atoms with Gasteiger partial charge < -0.3 is 10.1 Å². The number of pyridine rings is 1. The van der Waals surface area contributed by atoms with Crippen LogP contribution >= 0.6 is 0 Å². The van der Waals surface area contributed by atoms with E-state index in [1.807, 2.05) is 20.8 Å². The van der Waals surface area contributed by atoms with Crippen molar-refractivity contribution in [3.63, 3.8) is 0 Å². The number of esters is 1. The summed E-state index contributed by atoms with van der Waals surface area (Å²) in [4.78, 5) is 33.1. The quantitative estimate of drug-likeness (QED) is 0.864. The number of carbonyl (C=O) groups excluding carboxylic acids is 2. The summed E-state index contributed by atoms with van der Waals surface area (Å²) in [5, 5.41) is 2.73. The van der Waals surface area contributed by atoms with Crippen molar-refractivity contribution in [1.82, 2.24) is 10.3 Å². The Morgan fingerprint density at radius 1 is 1.43 bits per heavy atom. The van der Waals surface area contributed by atoms with Crippen LogP contribution in [0.25, 0.3) is 5.57 Å². The fraction of sp³-hybridized carbons (Fsp3) is 0.412. The number of hydrogen-bond acceptors (Lipinski definition) is 5. The van der Waals surface area contributed by atoms with Gasteiger partial charge in [-0.1, -0.05) is 20.4 Å². The molecule has 0 radical (unpaired) electrons. The zero-order chi connectivity index (χ0) is 17.4. The Balaban J connectivity index is 2.58. The highest BCUT2D eigenvalue weighted by molar-refractivity contribution is 6.17. The highest BCUT2D eigenvalue weighted by atomic mass is 16.5. The smallest absolute Gasteiger partial charge is 0.340 e. The van der Waals surface area contributed by atoms with Crippen LogP contribution in [-0.4, -0.2) is 35.3 Å². The second-order valence-electron chi connectivity index (χ2n) is 6.11. The van der Waals surface area contributed by atoms with E-state index in [2.05, 4.69) is 21.9 Å². The maximum Gasteiger partial charge on any atom is 0.340 e. The SMILES string of the molecule is C=C(C)c1cnc(C2=NC(C)(C(C)C)C(=O)N2)c(C(=O)OC)c1. The lowest BCUT2D eigenvalue weighted by atomic mass is 9.89. The molecule has 0 spiro atoms. The van der Waals surface area contributed by atoms with Crippen LogP contribution in [0.3, 0.4) is 0 Å². The van der Waals surface area contributed by atoms with Crippen molar-refractivity contribution < 1.29 is 14.3 Å². The van der Waals surface area contributed by atoms with Gasteiger partial charge in [0.25, 0.3) is 5.91 Å². The summed E-state index contributed by atoms with van der Waals surface area (Å²) in [6.07, 6.45) is 1.60. The lowest BCUT2D eigenvalue weighted by molar-refractivity contribution is -0.124. The fourth-order valence-electron chi connectivity index (χ4n) is 2.20. The van der Waals surface area contributed by atoms with Crippen molar-refractivity contribution >= 4 is 23.3 Å². The third-order valence-electron chi connectivity index (χ3n) is 4.17. The first-order chi connectivity index (χ1) is 10.7. The summed E-state index contributed by atoms with van der Waals surface area (Å²) < 4.78 is 4.82. The van der Waals surface area contributed by atoms with E-state index < -0.39 is 11.5 Å². The number of methoxy groups -OCH3 is 1. The largest absolute Gasteiger partial charge is 0.465 e. The number of rotatable bonds is 4. The van der Waals surface area contributed by atoms with Crippen molar-refractivity contribution in [1.29, 1.82) is 0 Å². The number of amidine groups is 1. The normalized spacial score (nSPS) is 20.3. The maximum absolute atomic E-state index is 12.3. The molecule has 122 valence electrons. The van der Waals surface area contributed by atoms with Gasteiger partial charge in [0, 0.05) is 6.20 Å². The lowest BCUT2D eigenvalue weighted by Gasteiger charge is -2.21. The molecule has 0 saturated heterocycles. The van der Waals surface area contributed by atoms with Crippen LogP contribution in [-0.2, 0) is 9.53 Å². The number of carbonyl (C=O) groups is 2. The van der Waals surface area contributed by atoms with Crippen molar-refractivity contribution in [2.45, 2.75) is 33.2 Å². The number of amides is 1. The Morgan fingerprint density at radius 2 is 2.09 bits per heavy atom. The van der Waals surface area contributed by atoms with Crippen molar-refractivity contribution in [2.24, 2.45) is 10.9 Å². The Bertz CT molecular complexity index is 722. The Morgan fingerprint density at radius 3 is 2.57 bits per heavy atom. The number of nitrogens with zero attached hydrogens (tertiary/aromatic N) is 2. The molecule has 1 atom stereocenters. The molecule has 1 unspecified atom stereocenters. The van der Waals surface area contributed by atoms with Crippen LogP contribution < -0.4 is 5.32 Å². The average Bonchev–Trinajstić information content (AvgIpc) is 2.82. The van der Waals surface area contributed by atoms with Gasteiger partial charge >= 0.3 is 5.97 Å². The summed E-state index contributed by atoms with van der Waals surface area (Å²) in [5.74, 6) is -0.439. The first-order valence-electron chi connectivity index (χ1n) is 7.36. The van der Waals surface area contributed by atoms with Crippen LogP contribution in [0.1, 0.15) is 49.3 Å². The molecule has 0 aliphatic carbocycles. The van der Waals surface area contributed by atoms with Gasteiger partial charge in [0.2, 0.25) is 0 Å². The third kappa shape index (κ3) is 2.88. The molecule has 1 N–H and O–H groups in total. The number of aliphatic imine (C=N–C) groups is 1. The molecule has 2 rings (SSSR count). The maximum atomic E-state index is 12.3. The number of aromatic nitrogens is 1. The molecule has 1 aliphatic rings. The van der Waals surface area contributed by atoms with E-state index in [1.54, 1.807) is 19.2 Å². The fourth-order valence-corrected chi connectivity index (χ4v) is 2.20. The molecule has 0 bridgehead atoms. The molecular formula is C17H21N3O3. The minimum absolute atomic E-state index is 0.0104. The van der Waals surface area contributed by atoms with Gasteiger partial charge in [0.05, 0.1) is 12.7 Å². The zero-order valence-corrected chi connectivity index (χ0v) is 14.1. The molecule has 1 aromatic heterocycles. The highest BCUT2D eigenvalue weighted by Gasteiger charge is 2.43. The lowest BCUT2D eigenvalue weighted by Crippen LogP contribution is -2.41. The van der Waals surface area contributed by atoms with Gasteiger partial charge in [-0.05, 0) is 37.0 Å². The van der Waals surface area contributed by atoms with E-state index in [9.17, 15) is 9.59 Å². The van der Waals surface area contributed by atoms with Crippen LogP contribution in [0.15, 0.2) is 23.8 Å². The second-order valence-corrected chi connectivity index (χ2v) is 6.11. The number of hydrogen-bond donors (Lipinski definition) is 1. The minimum atomic E-state index is -0.878. The zero-order valence-electron chi connectivity index (χ0n) is 14.1. The molecule has 0 aromatic carbocycles. The molecule has 0 fully saturated rings. The molecular weight excluding hydrogens is 294 g/mol. The van der Waals surface area contributed by atoms with E-state index in [0.29, 0.717) is 11.5 Å². The summed E-state index contributed by atoms with van der Waals surface area (Å²) in [6.45, 7) is 11.3. The van der Waals surface area contributed by atoms with E-state index in [1.165, 1.54) is 7.11 Å². The van der Waals surface area contributed by atoms with E-state index in [0.717, 1.165) is 11.1 Å². The molecule has 0 saturated carbocycles. The van der Waals surface area contributed by atoms with E-state index in [4.69, 9.17) is 4.74 Å². The van der Waals surface area contributed by atoms with Gasteiger partial charge in [-0.2, -0.15) is 0 Å². The Kier molecular flexibility index (Phi) is 4.36. The van der Waals surface area contributed by atoms with Crippen LogP contribution in [0.4, 0.5) is 0 Å². The van der Waals surface area contributed by atoms with Gasteiger partial charge in [-0.25, -0.2) is 9.79 Å². The van der Waals surface area contributed by atoms with Crippen LogP contribution in [0.2, 0.25) is 0 Å². The minimum Gasteiger partial charge on any atom is -0.465 e. The van der Waals surface area contributed by atoms with Gasteiger partial charge in [0.1, 0.15) is 11.2 Å². The first-order valence-corrected chi connectivity index (χ1v) is 7.36. The summed E-state index contributed by atoms with van der Waals surface area (Å²) in [6, 6.07) is 1.65. The number of allylic oxidation sites excluding steroid dienone is 1. The second kappa shape index (κ2) is 5.95. The highest BCUT2D eigenvalue weighted by Crippen LogP contribution is 2.27. The molecule has 2 heterocycles. The van der Waals surface area contributed by atoms with Gasteiger partial charge in [0.15, 0.2) is 5.84 Å². The Hall–Kier alpha value is -2.50. The van der Waals surface area contributed by atoms with Crippen LogP contribution in [0.5, 0.6) is 0 Å². The predicted octanol–water partition coefficient (Wildman–Crippen LogP) is 2.19. The van der Waals surface area contributed by atoms with Crippen molar-refractivity contribution in [3.05, 3.63) is 35.7 Å². The Labute approximate surface area is 135 Å². The topological polar surface area (TPSA) is 80.7 Å². The first kappa shape index (κ1) is 16.9.